The van der Waals surface area contributed by atoms with Crippen LogP contribution in [0.3, 0.4) is 0 Å². The van der Waals surface area contributed by atoms with Gasteiger partial charge in [-0.2, -0.15) is 0 Å². The molecule has 0 saturated carbocycles. The Morgan fingerprint density at radius 2 is 1.86 bits per heavy atom. The molecule has 0 fully saturated rings. The fourth-order valence-corrected chi connectivity index (χ4v) is 2.15. The van der Waals surface area contributed by atoms with Gasteiger partial charge >= 0.3 is 0 Å². The number of nitrogens with one attached hydrogen (secondary N) is 2. The van der Waals surface area contributed by atoms with Gasteiger partial charge in [-0.1, -0.05) is 23.7 Å². The first kappa shape index (κ1) is 18.5. The molecule has 2 N–H and O–H groups in total. The molecule has 0 bridgehead atoms. The normalized spacial score (nSPS) is 11.8. The molecule has 0 aromatic heterocycles. The molecular formula is C16H24ClN3O2. The van der Waals surface area contributed by atoms with Crippen molar-refractivity contribution in [2.75, 3.05) is 26.2 Å². The molecule has 122 valence electrons. The van der Waals surface area contributed by atoms with Crippen LogP contribution in [0.2, 0.25) is 5.02 Å². The molecule has 0 heterocycles. The largest absolute Gasteiger partial charge is 0.355 e. The highest BCUT2D eigenvalue weighted by Crippen LogP contribution is 2.15. The minimum Gasteiger partial charge on any atom is -0.355 e. The summed E-state index contributed by atoms with van der Waals surface area (Å²) < 4.78 is 0. The Kier molecular flexibility index (Phi) is 7.91. The van der Waals surface area contributed by atoms with Crippen LogP contribution in [-0.2, 0) is 9.59 Å². The van der Waals surface area contributed by atoms with E-state index in [1.54, 1.807) is 0 Å². The number of likely N-dealkylation sites (N-methyl/N-ethyl adjacent to an activating group) is 2. The van der Waals surface area contributed by atoms with Gasteiger partial charge in [-0.05, 0) is 38.5 Å². The van der Waals surface area contributed by atoms with Crippen molar-refractivity contribution in [2.24, 2.45) is 0 Å². The summed E-state index contributed by atoms with van der Waals surface area (Å²) in [7, 11) is 0. The number of hydrogen-bond acceptors (Lipinski definition) is 3. The molecular weight excluding hydrogens is 302 g/mol. The van der Waals surface area contributed by atoms with Gasteiger partial charge in [0.1, 0.15) is 0 Å². The van der Waals surface area contributed by atoms with Crippen LogP contribution in [-0.4, -0.2) is 42.9 Å². The van der Waals surface area contributed by atoms with Crippen LogP contribution >= 0.6 is 11.6 Å². The predicted octanol–water partition coefficient (Wildman–Crippen LogP) is 1.98. The zero-order valence-electron chi connectivity index (χ0n) is 13.4. The van der Waals surface area contributed by atoms with Crippen molar-refractivity contribution in [1.29, 1.82) is 0 Å². The lowest BCUT2D eigenvalue weighted by atomic mass is 10.1. The van der Waals surface area contributed by atoms with E-state index in [9.17, 15) is 9.59 Å². The van der Waals surface area contributed by atoms with Gasteiger partial charge in [-0.25, -0.2) is 0 Å². The van der Waals surface area contributed by atoms with E-state index in [-0.39, 0.29) is 30.9 Å². The van der Waals surface area contributed by atoms with E-state index in [0.717, 1.165) is 5.56 Å². The maximum absolute atomic E-state index is 12.2. The van der Waals surface area contributed by atoms with Crippen LogP contribution in [0.4, 0.5) is 0 Å². The highest BCUT2D eigenvalue weighted by molar-refractivity contribution is 6.30. The van der Waals surface area contributed by atoms with Gasteiger partial charge in [0.25, 0.3) is 0 Å². The second kappa shape index (κ2) is 9.43. The summed E-state index contributed by atoms with van der Waals surface area (Å²) in [6.45, 7) is 7.06. The molecule has 0 aliphatic heterocycles. The summed E-state index contributed by atoms with van der Waals surface area (Å²) in [4.78, 5) is 25.3. The van der Waals surface area contributed by atoms with E-state index in [4.69, 9.17) is 11.6 Å². The minimum absolute atomic E-state index is 0.0318. The van der Waals surface area contributed by atoms with Gasteiger partial charge in [-0.3, -0.25) is 9.59 Å². The first-order valence-electron chi connectivity index (χ1n) is 7.51. The average molecular weight is 326 g/mol. The molecule has 0 radical (unpaired) electrons. The van der Waals surface area contributed by atoms with Crippen molar-refractivity contribution in [3.63, 3.8) is 0 Å². The molecule has 1 aromatic rings. The van der Waals surface area contributed by atoms with Crippen LogP contribution in [0.5, 0.6) is 0 Å². The zero-order valence-corrected chi connectivity index (χ0v) is 14.1. The molecule has 0 saturated heterocycles. The van der Waals surface area contributed by atoms with Crippen LogP contribution in [0.25, 0.3) is 0 Å². The summed E-state index contributed by atoms with van der Waals surface area (Å²) in [5.41, 5.74) is 1.06. The second-order valence-electron chi connectivity index (χ2n) is 5.02. The lowest BCUT2D eigenvalue weighted by Gasteiger charge is -2.22. The smallest absolute Gasteiger partial charge is 0.239 e. The Bertz CT molecular complexity index is 491. The van der Waals surface area contributed by atoms with Crippen molar-refractivity contribution in [1.82, 2.24) is 15.5 Å². The van der Waals surface area contributed by atoms with Gasteiger partial charge in [0, 0.05) is 24.2 Å². The zero-order chi connectivity index (χ0) is 16.5. The number of halogens is 1. The first-order valence-corrected chi connectivity index (χ1v) is 7.89. The average Bonchev–Trinajstić information content (AvgIpc) is 2.50. The van der Waals surface area contributed by atoms with Crippen molar-refractivity contribution >= 4 is 23.4 Å². The quantitative estimate of drug-likeness (QED) is 0.768. The standard InChI is InChI=1S/C16H24ClN3O2/c1-4-18-15(21)11-20(5-2)16(22)10-19-12(3)13-6-8-14(17)9-7-13/h6-9,12,19H,4-5,10-11H2,1-3H3,(H,18,21)/t12-/m1/s1. The van der Waals surface area contributed by atoms with Crippen LogP contribution in [0.1, 0.15) is 32.4 Å². The molecule has 0 spiro atoms. The summed E-state index contributed by atoms with van der Waals surface area (Å²) >= 11 is 5.86. The molecule has 1 rings (SSSR count). The maximum Gasteiger partial charge on any atom is 0.239 e. The van der Waals surface area contributed by atoms with E-state index in [1.165, 1.54) is 4.90 Å². The number of nitrogens with zero attached hydrogens (tertiary/aromatic N) is 1. The predicted molar refractivity (Wildman–Crippen MR) is 88.8 cm³/mol. The third-order valence-electron chi connectivity index (χ3n) is 3.37. The molecule has 1 atom stereocenters. The number of carbonyl (C=O) groups excluding carboxylic acids is 2. The number of rotatable bonds is 8. The van der Waals surface area contributed by atoms with E-state index < -0.39 is 0 Å². The van der Waals surface area contributed by atoms with Gasteiger partial charge in [0.15, 0.2) is 0 Å². The molecule has 0 aliphatic carbocycles. The van der Waals surface area contributed by atoms with Gasteiger partial charge in [-0.15, -0.1) is 0 Å². The first-order chi connectivity index (χ1) is 10.5. The minimum atomic E-state index is -0.136. The Labute approximate surface area is 137 Å². The van der Waals surface area contributed by atoms with Crippen molar-refractivity contribution < 1.29 is 9.59 Å². The fraction of sp³-hybridized carbons (Fsp3) is 0.500. The summed E-state index contributed by atoms with van der Waals surface area (Å²) in [5.74, 6) is -0.224. The molecule has 6 heteroatoms. The molecule has 5 nitrogen and oxygen atoms in total. The second-order valence-corrected chi connectivity index (χ2v) is 5.45. The summed E-state index contributed by atoms with van der Waals surface area (Å²) in [6.07, 6.45) is 0. The topological polar surface area (TPSA) is 61.4 Å². The number of benzene rings is 1. The van der Waals surface area contributed by atoms with Crippen LogP contribution in [0, 0.1) is 0 Å². The summed E-state index contributed by atoms with van der Waals surface area (Å²) in [6, 6.07) is 7.53. The number of carbonyl (C=O) groups is 2. The lowest BCUT2D eigenvalue weighted by molar-refractivity contribution is -0.135. The van der Waals surface area contributed by atoms with E-state index in [0.29, 0.717) is 18.1 Å². The van der Waals surface area contributed by atoms with Crippen LogP contribution in [0.15, 0.2) is 24.3 Å². The third kappa shape index (κ3) is 6.03. The summed E-state index contributed by atoms with van der Waals surface area (Å²) in [5, 5.41) is 6.55. The van der Waals surface area contributed by atoms with Crippen molar-refractivity contribution in [2.45, 2.75) is 26.8 Å². The monoisotopic (exact) mass is 325 g/mol. The van der Waals surface area contributed by atoms with E-state index in [2.05, 4.69) is 10.6 Å². The molecule has 0 aliphatic rings. The number of amides is 2. The Morgan fingerprint density at radius 3 is 2.41 bits per heavy atom. The fourth-order valence-electron chi connectivity index (χ4n) is 2.02. The SMILES string of the molecule is CCNC(=O)CN(CC)C(=O)CN[C@H](C)c1ccc(Cl)cc1. The van der Waals surface area contributed by atoms with Crippen LogP contribution < -0.4 is 10.6 Å². The van der Waals surface area contributed by atoms with Crippen molar-refractivity contribution in [3.8, 4) is 0 Å². The van der Waals surface area contributed by atoms with Gasteiger partial charge < -0.3 is 15.5 Å². The van der Waals surface area contributed by atoms with Crippen molar-refractivity contribution in [3.05, 3.63) is 34.9 Å². The number of hydrogen-bond donors (Lipinski definition) is 2. The molecule has 1 aromatic carbocycles. The van der Waals surface area contributed by atoms with E-state index >= 15 is 0 Å². The highest BCUT2D eigenvalue weighted by Gasteiger charge is 2.16. The molecule has 22 heavy (non-hydrogen) atoms. The maximum atomic E-state index is 12.2. The molecule has 0 unspecified atom stereocenters. The Hall–Kier alpha value is -1.59. The van der Waals surface area contributed by atoms with E-state index in [1.807, 2.05) is 45.0 Å². The molecule has 2 amide bonds. The van der Waals surface area contributed by atoms with Gasteiger partial charge in [0.2, 0.25) is 11.8 Å². The lowest BCUT2D eigenvalue weighted by Crippen LogP contribution is -2.44. The highest BCUT2D eigenvalue weighted by atomic mass is 35.5. The Balaban J connectivity index is 2.49. The Morgan fingerprint density at radius 1 is 1.23 bits per heavy atom. The van der Waals surface area contributed by atoms with Gasteiger partial charge in [0.05, 0.1) is 13.1 Å². The third-order valence-corrected chi connectivity index (χ3v) is 3.62.